The maximum atomic E-state index is 2.37. The predicted molar refractivity (Wildman–Crippen MR) is 84.5 cm³/mol. The summed E-state index contributed by atoms with van der Waals surface area (Å²) in [5.41, 5.74) is 5.62. The highest BCUT2D eigenvalue weighted by atomic mass is 14.2. The van der Waals surface area contributed by atoms with E-state index in [1.807, 2.05) is 0 Å². The molecule has 0 radical (unpaired) electrons. The summed E-state index contributed by atoms with van der Waals surface area (Å²) >= 11 is 0. The second kappa shape index (κ2) is 3.55. The van der Waals surface area contributed by atoms with Gasteiger partial charge in [-0.05, 0) is 35.0 Å². The van der Waals surface area contributed by atoms with Gasteiger partial charge in [0.1, 0.15) is 10.8 Å². The molecule has 0 spiro atoms. The average molecular weight is 253 g/mol. The molecule has 2 aliphatic carbocycles. The Morgan fingerprint density at radius 2 is 1.55 bits per heavy atom. The minimum atomic E-state index is 1.04. The van der Waals surface area contributed by atoms with E-state index < -0.39 is 0 Å². The van der Waals surface area contributed by atoms with Gasteiger partial charge in [-0.2, -0.15) is 0 Å². The molecule has 0 unspecified atom stereocenters. The molecule has 3 aromatic carbocycles. The van der Waals surface area contributed by atoms with Gasteiger partial charge in [0, 0.05) is 24.1 Å². The van der Waals surface area contributed by atoms with E-state index in [-0.39, 0.29) is 0 Å². The number of hydrogen-bond acceptors (Lipinski definition) is 0. The molecule has 0 aromatic heterocycles. The molecule has 3 aromatic rings. The van der Waals surface area contributed by atoms with E-state index in [4.69, 9.17) is 0 Å². The number of fused-ring (bicyclic) bond motifs is 4. The first-order valence-electron chi connectivity index (χ1n) is 7.12. The Kier molecular flexibility index (Phi) is 1.83. The van der Waals surface area contributed by atoms with Gasteiger partial charge >= 0.3 is 0 Å². The lowest BCUT2D eigenvalue weighted by molar-refractivity contribution is 1.30. The molecule has 0 bridgehead atoms. The topological polar surface area (TPSA) is 0 Å². The molecule has 0 amide bonds. The van der Waals surface area contributed by atoms with E-state index in [2.05, 4.69) is 67.1 Å². The minimum Gasteiger partial charge on any atom is -0.0616 e. The quantitative estimate of drug-likeness (QED) is 0.539. The summed E-state index contributed by atoms with van der Waals surface area (Å²) in [7, 11) is 0. The fourth-order valence-corrected chi connectivity index (χ4v) is 3.60. The summed E-state index contributed by atoms with van der Waals surface area (Å²) in [6.07, 6.45) is 5.73. The molecule has 92 valence electrons. The predicted octanol–water partition coefficient (Wildman–Crippen LogP) is 3.41. The molecule has 0 fully saturated rings. The standard InChI is InChI=1S/C20H13/c1-2-6-15-12-19-17-10-4-8-13-7-3-9-16(20(13)17)18(19)11-14(15)5-1/h1-3,5-12H,4H2/q+1. The van der Waals surface area contributed by atoms with Crippen LogP contribution in [0.15, 0.2) is 54.6 Å². The van der Waals surface area contributed by atoms with Crippen LogP contribution in [0, 0.1) is 6.42 Å². The van der Waals surface area contributed by atoms with Crippen molar-refractivity contribution in [3.05, 3.63) is 77.0 Å². The van der Waals surface area contributed by atoms with Crippen molar-refractivity contribution in [3.63, 3.8) is 0 Å². The molecule has 20 heavy (non-hydrogen) atoms. The number of hydrogen-bond donors (Lipinski definition) is 0. The fraction of sp³-hybridized carbons (Fsp3) is 0.0500. The molecule has 0 atom stereocenters. The zero-order valence-electron chi connectivity index (χ0n) is 11.1. The highest BCUT2D eigenvalue weighted by Gasteiger charge is 2.30. The van der Waals surface area contributed by atoms with Gasteiger partial charge in [0.2, 0.25) is 0 Å². The Morgan fingerprint density at radius 1 is 0.750 bits per heavy atom. The summed E-state index contributed by atoms with van der Waals surface area (Å²) in [6.45, 7) is 0. The Bertz CT molecular complexity index is 990. The zero-order valence-corrected chi connectivity index (χ0v) is 11.1. The molecular formula is C20H13+. The molecule has 0 saturated carbocycles. The van der Waals surface area contributed by atoms with Crippen LogP contribution < -0.4 is 10.4 Å². The van der Waals surface area contributed by atoms with Gasteiger partial charge in [0.25, 0.3) is 0 Å². The molecule has 2 aliphatic rings. The van der Waals surface area contributed by atoms with Crippen molar-refractivity contribution in [2.24, 2.45) is 0 Å². The van der Waals surface area contributed by atoms with Crippen LogP contribution in [0.25, 0.3) is 33.5 Å². The molecule has 0 nitrogen and oxygen atoms in total. The average Bonchev–Trinajstić information content (AvgIpc) is 2.82. The lowest BCUT2D eigenvalue weighted by Gasteiger charge is -2.02. The summed E-state index contributed by atoms with van der Waals surface area (Å²) in [4.78, 5) is 0. The van der Waals surface area contributed by atoms with Gasteiger partial charge < -0.3 is 0 Å². The normalized spacial score (nSPS) is 14.5. The van der Waals surface area contributed by atoms with Crippen LogP contribution in [0.4, 0.5) is 0 Å². The Morgan fingerprint density at radius 3 is 2.40 bits per heavy atom. The second-order valence-electron chi connectivity index (χ2n) is 5.57. The lowest BCUT2D eigenvalue weighted by Crippen LogP contribution is -2.28. The summed E-state index contributed by atoms with van der Waals surface area (Å²) in [5, 5.41) is 5.48. The monoisotopic (exact) mass is 253 g/mol. The van der Waals surface area contributed by atoms with Gasteiger partial charge in [-0.25, -0.2) is 0 Å². The molecule has 0 saturated heterocycles. The maximum absolute atomic E-state index is 2.37. The first-order chi connectivity index (χ1) is 9.92. The molecule has 0 heterocycles. The van der Waals surface area contributed by atoms with Gasteiger partial charge in [0.15, 0.2) is 0 Å². The van der Waals surface area contributed by atoms with Crippen molar-refractivity contribution in [1.29, 1.82) is 0 Å². The fourth-order valence-electron chi connectivity index (χ4n) is 3.60. The second-order valence-corrected chi connectivity index (χ2v) is 5.57. The van der Waals surface area contributed by atoms with E-state index in [0.29, 0.717) is 0 Å². The van der Waals surface area contributed by atoms with Crippen LogP contribution in [0.5, 0.6) is 0 Å². The number of rotatable bonds is 0. The highest BCUT2D eigenvalue weighted by Crippen LogP contribution is 2.36. The summed E-state index contributed by atoms with van der Waals surface area (Å²) < 4.78 is 0. The van der Waals surface area contributed by atoms with Gasteiger partial charge in [-0.1, -0.05) is 30.3 Å². The van der Waals surface area contributed by atoms with Crippen LogP contribution in [0.1, 0.15) is 12.0 Å². The van der Waals surface area contributed by atoms with Crippen molar-refractivity contribution in [1.82, 2.24) is 0 Å². The van der Waals surface area contributed by atoms with Crippen LogP contribution in [0.2, 0.25) is 0 Å². The molecule has 5 rings (SSSR count). The van der Waals surface area contributed by atoms with Crippen molar-refractivity contribution in [2.45, 2.75) is 6.42 Å². The van der Waals surface area contributed by atoms with E-state index in [1.54, 1.807) is 0 Å². The smallest absolute Gasteiger partial charge is 0.0616 e. The van der Waals surface area contributed by atoms with Crippen LogP contribution in [-0.4, -0.2) is 0 Å². The van der Waals surface area contributed by atoms with Crippen LogP contribution >= 0.6 is 0 Å². The lowest BCUT2D eigenvalue weighted by atomic mass is 9.95. The Labute approximate surface area is 117 Å². The third kappa shape index (κ3) is 1.19. The van der Waals surface area contributed by atoms with Crippen LogP contribution in [0.3, 0.4) is 0 Å². The Balaban J connectivity index is 2.00. The first-order valence-corrected chi connectivity index (χ1v) is 7.12. The molecule has 0 N–H and O–H groups in total. The van der Waals surface area contributed by atoms with Gasteiger partial charge in [-0.15, -0.1) is 0 Å². The summed E-state index contributed by atoms with van der Waals surface area (Å²) in [6, 6.07) is 20.0. The summed E-state index contributed by atoms with van der Waals surface area (Å²) in [5.74, 6) is 0. The Hall–Kier alpha value is -2.47. The largest absolute Gasteiger partial charge is 0.146 e. The molecular weight excluding hydrogens is 240 g/mol. The SMILES string of the molecule is C1=c2cccc3c2=C([CH+]C1)c1cc2ccccc2cc1-3. The van der Waals surface area contributed by atoms with E-state index in [9.17, 15) is 0 Å². The van der Waals surface area contributed by atoms with Crippen molar-refractivity contribution in [3.8, 4) is 11.1 Å². The van der Waals surface area contributed by atoms with E-state index in [0.717, 1.165) is 6.42 Å². The van der Waals surface area contributed by atoms with Crippen LogP contribution in [-0.2, 0) is 0 Å². The van der Waals surface area contributed by atoms with Crippen molar-refractivity contribution >= 4 is 22.4 Å². The first kappa shape index (κ1) is 10.3. The highest BCUT2D eigenvalue weighted by molar-refractivity contribution is 6.00. The number of benzene rings is 3. The minimum absolute atomic E-state index is 1.04. The third-order valence-electron chi connectivity index (χ3n) is 4.49. The van der Waals surface area contributed by atoms with E-state index in [1.165, 1.54) is 43.5 Å². The molecule has 0 aliphatic heterocycles. The van der Waals surface area contributed by atoms with Crippen molar-refractivity contribution < 1.29 is 0 Å². The molecule has 0 heteroatoms. The van der Waals surface area contributed by atoms with Crippen molar-refractivity contribution in [2.75, 3.05) is 0 Å². The van der Waals surface area contributed by atoms with Gasteiger partial charge in [-0.3, -0.25) is 0 Å². The zero-order chi connectivity index (χ0) is 13.1. The van der Waals surface area contributed by atoms with Gasteiger partial charge in [0.05, 0.1) is 16.7 Å². The maximum Gasteiger partial charge on any atom is 0.146 e. The third-order valence-corrected chi connectivity index (χ3v) is 4.49. The van der Waals surface area contributed by atoms with E-state index >= 15 is 0 Å².